The topological polar surface area (TPSA) is 382 Å². The maximum atomic E-state index is 12.5. The molecule has 89 heavy (non-hydrogen) atoms. The molecule has 33 heteroatoms. The number of nitrogens with one attached hydrogen (secondary N) is 1. The second kappa shape index (κ2) is 34.7. The van der Waals surface area contributed by atoms with E-state index in [9.17, 15) is 41.9 Å². The Labute approximate surface area is 542 Å². The van der Waals surface area contributed by atoms with Crippen molar-refractivity contribution in [2.24, 2.45) is 11.5 Å². The van der Waals surface area contributed by atoms with Crippen LogP contribution in [-0.4, -0.2) is 101 Å². The first-order chi connectivity index (χ1) is 42.1. The van der Waals surface area contributed by atoms with Gasteiger partial charge in [0.1, 0.15) is 0 Å². The SMILES string of the molecule is COc1ccc(-c2csc(N)n2)cc1OC.COc1ccc(-c2csc(N)n2)cc1OC.COc1ccc(-c2csc(NS(=O)(=O)c3cccc([N+](=O)[O-])c3)n2)cc1OC.Cc1ccc(C(=O)CBr)cc1C.NC(N)=S.O=[N+]([O-])c1cccc(S(=O)(=O)Cl)c1. The first-order valence-electron chi connectivity index (χ1n) is 24.8. The predicted octanol–water partition coefficient (Wildman–Crippen LogP) is 11.9. The maximum Gasteiger partial charge on any atom is 0.270 e. The number of thiocarbonyl (C=S) groups is 1. The van der Waals surface area contributed by atoms with Crippen LogP contribution < -0.4 is 56.1 Å². The minimum absolute atomic E-state index is 0.000000000000000222. The van der Waals surface area contributed by atoms with Crippen molar-refractivity contribution in [3.63, 3.8) is 0 Å². The van der Waals surface area contributed by atoms with Crippen LogP contribution >= 0.6 is 72.8 Å². The van der Waals surface area contributed by atoms with Gasteiger partial charge in [0.15, 0.2) is 60.8 Å². The van der Waals surface area contributed by atoms with Gasteiger partial charge in [0.05, 0.1) is 84.7 Å². The summed E-state index contributed by atoms with van der Waals surface area (Å²) in [6.07, 6.45) is 0. The fourth-order valence-electron chi connectivity index (χ4n) is 6.96. The van der Waals surface area contributed by atoms with Gasteiger partial charge in [-0.2, -0.15) is 0 Å². The first-order valence-corrected chi connectivity index (χ1v) is 32.8. The van der Waals surface area contributed by atoms with Crippen molar-refractivity contribution >= 4 is 130 Å². The van der Waals surface area contributed by atoms with Gasteiger partial charge in [0.2, 0.25) is 0 Å². The lowest BCUT2D eigenvalue weighted by molar-refractivity contribution is -0.385. The summed E-state index contributed by atoms with van der Waals surface area (Å²) in [7, 11) is 6.56. The fourth-order valence-corrected chi connectivity index (χ4v) is 11.2. The van der Waals surface area contributed by atoms with Crippen molar-refractivity contribution < 1.29 is 59.9 Å². The smallest absolute Gasteiger partial charge is 0.270 e. The Morgan fingerprint density at radius 1 is 0.573 bits per heavy atom. The molecule has 0 saturated heterocycles. The number of anilines is 3. The summed E-state index contributed by atoms with van der Waals surface area (Å²) in [5.41, 5.74) is 27.9. The fraction of sp³-hybridized carbons (Fsp3) is 0.161. The van der Waals surface area contributed by atoms with Crippen molar-refractivity contribution in [2.45, 2.75) is 23.6 Å². The van der Waals surface area contributed by atoms with Crippen LogP contribution in [0.1, 0.15) is 21.5 Å². The molecule has 3 aromatic heterocycles. The van der Waals surface area contributed by atoms with E-state index in [0.29, 0.717) is 55.8 Å². The van der Waals surface area contributed by atoms with Crippen molar-refractivity contribution in [1.82, 2.24) is 15.0 Å². The summed E-state index contributed by atoms with van der Waals surface area (Å²) < 4.78 is 80.1. The number of nitro benzene ring substituents is 2. The van der Waals surface area contributed by atoms with Gasteiger partial charge in [0, 0.05) is 73.3 Å². The highest BCUT2D eigenvalue weighted by Crippen LogP contribution is 2.36. The molecular formula is C56H58BrClN10O15S6. The number of nitrogen functional groups attached to an aromatic ring is 2. The van der Waals surface area contributed by atoms with Crippen LogP contribution in [0.4, 0.5) is 26.8 Å². The average Bonchev–Trinajstić information content (AvgIpc) is 4.38. The number of nitro groups is 2. The van der Waals surface area contributed by atoms with Crippen LogP contribution in [0.15, 0.2) is 147 Å². The molecule has 0 aliphatic rings. The molecule has 6 aromatic carbocycles. The zero-order valence-corrected chi connectivity index (χ0v) is 55.6. The molecule has 0 amide bonds. The number of halogens is 2. The van der Waals surface area contributed by atoms with Gasteiger partial charge < -0.3 is 51.4 Å². The Hall–Kier alpha value is -8.76. The molecule has 0 bridgehead atoms. The Morgan fingerprint density at radius 2 is 0.955 bits per heavy atom. The van der Waals surface area contributed by atoms with E-state index >= 15 is 0 Å². The van der Waals surface area contributed by atoms with Crippen molar-refractivity contribution in [3.05, 3.63) is 174 Å². The molecule has 0 atom stereocenters. The molecule has 9 N–H and O–H groups in total. The number of aryl methyl sites for hydroxylation is 2. The average molecular weight is 1420 g/mol. The predicted molar refractivity (Wildman–Crippen MR) is 356 cm³/mol. The second-order valence-electron chi connectivity index (χ2n) is 17.2. The third kappa shape index (κ3) is 22.4. The molecule has 0 aliphatic heterocycles. The number of methoxy groups -OCH3 is 6. The van der Waals surface area contributed by atoms with Crippen LogP contribution in [0.2, 0.25) is 0 Å². The zero-order valence-electron chi connectivity index (χ0n) is 48.4. The van der Waals surface area contributed by atoms with Crippen molar-refractivity contribution in [3.8, 4) is 68.3 Å². The number of Topliss-reactive ketones (excluding diaryl/α,β-unsaturated/α-hetero) is 1. The standard InChI is InChI=1S/C17H15N3O6S2.2C11H12N2O2S.C10H11BrO.C6H4ClNO4S.CH4N2S/c1-25-15-7-6-11(8-16(15)26-2)14-10-27-17(18-14)19-28(23,24)13-5-3-4-12(9-13)20(21)22;2*1-14-9-4-3-7(5-10(9)15-2)8-6-16-11(12)13-8;1-7-3-4-9(5-8(7)2)10(12)6-11;7-13(11,12)6-3-1-2-5(4-6)8(9)10;2-1(3)4/h3-10H,1-2H3,(H,18,19);2*3-6H,1-2H3,(H2,12,13);3-5H,6H2,1-2H3;1-4H;(H4,2,3,4). The van der Waals surface area contributed by atoms with E-state index in [0.717, 1.165) is 57.1 Å². The van der Waals surface area contributed by atoms with Crippen LogP contribution in [0, 0.1) is 34.1 Å². The number of non-ortho nitro benzene ring substituents is 2. The number of nitrogens with two attached hydrogens (primary N) is 4. The monoisotopic (exact) mass is 1420 g/mol. The van der Waals surface area contributed by atoms with Gasteiger partial charge in [-0.25, -0.2) is 31.8 Å². The number of ether oxygens (including phenoxy) is 6. The van der Waals surface area contributed by atoms with E-state index in [2.05, 4.69) is 59.3 Å². The Kier molecular flexibility index (Phi) is 28.3. The summed E-state index contributed by atoms with van der Waals surface area (Å²) in [6.45, 7) is 4.05. The van der Waals surface area contributed by atoms with E-state index in [1.807, 2.05) is 79.2 Å². The van der Waals surface area contributed by atoms with Crippen LogP contribution in [-0.2, 0) is 19.1 Å². The van der Waals surface area contributed by atoms with Crippen LogP contribution in [0.25, 0.3) is 33.8 Å². The van der Waals surface area contributed by atoms with E-state index in [4.69, 9.17) is 50.6 Å². The third-order valence-electron chi connectivity index (χ3n) is 11.4. The number of aromatic nitrogens is 3. The summed E-state index contributed by atoms with van der Waals surface area (Å²) in [5.74, 6) is 4.00. The lowest BCUT2D eigenvalue weighted by Gasteiger charge is -2.08. The molecular weight excluding hydrogens is 1360 g/mol. The number of hydrogen-bond acceptors (Lipinski definition) is 24. The number of nitrogens with zero attached hydrogens (tertiary/aromatic N) is 5. The first kappa shape index (κ1) is 72.7. The molecule has 0 unspecified atom stereocenters. The lowest BCUT2D eigenvalue weighted by atomic mass is 10.0. The number of thiazole rings is 3. The second-order valence-corrected chi connectivity index (χ2v) is 25.1. The van der Waals surface area contributed by atoms with Crippen LogP contribution in [0.3, 0.4) is 0 Å². The van der Waals surface area contributed by atoms with Crippen LogP contribution in [0.5, 0.6) is 34.5 Å². The largest absolute Gasteiger partial charge is 0.493 e. The van der Waals surface area contributed by atoms with E-state index in [-0.39, 0.29) is 37.2 Å². The number of carbonyl (C=O) groups excluding carboxylic acids is 1. The molecule has 0 radical (unpaired) electrons. The molecule has 0 spiro atoms. The molecule has 0 fully saturated rings. The van der Waals surface area contributed by atoms with Gasteiger partial charge in [-0.1, -0.05) is 40.2 Å². The summed E-state index contributed by atoms with van der Waals surface area (Å²) in [5, 5.41) is 28.3. The van der Waals surface area contributed by atoms with E-state index in [1.165, 1.54) is 84.4 Å². The summed E-state index contributed by atoms with van der Waals surface area (Å²) in [6, 6.07) is 31.7. The highest BCUT2D eigenvalue weighted by molar-refractivity contribution is 9.09. The minimum Gasteiger partial charge on any atom is -0.493 e. The van der Waals surface area contributed by atoms with Gasteiger partial charge in [-0.15, -0.1) is 34.0 Å². The van der Waals surface area contributed by atoms with Gasteiger partial charge in [-0.3, -0.25) is 29.7 Å². The Bertz CT molecular complexity index is 4040. The zero-order chi connectivity index (χ0) is 66.2. The van der Waals surface area contributed by atoms with Gasteiger partial charge in [-0.05, 0) is 110 Å². The molecule has 0 saturated carbocycles. The summed E-state index contributed by atoms with van der Waals surface area (Å²) in [4.78, 5) is 43.2. The van der Waals surface area contributed by atoms with E-state index in [1.54, 1.807) is 52.0 Å². The van der Waals surface area contributed by atoms with Gasteiger partial charge in [0.25, 0.3) is 30.4 Å². The van der Waals surface area contributed by atoms with Crippen molar-refractivity contribution in [1.29, 1.82) is 0 Å². The number of carbonyl (C=O) groups is 1. The number of alkyl halides is 1. The number of rotatable bonds is 17. The quantitative estimate of drug-likeness (QED) is 0.0141. The third-order valence-corrected chi connectivity index (χ3v) is 16.8. The summed E-state index contributed by atoms with van der Waals surface area (Å²) >= 11 is 11.2. The molecule has 9 rings (SSSR count). The highest BCUT2D eigenvalue weighted by Gasteiger charge is 2.21. The normalized spacial score (nSPS) is 10.4. The highest BCUT2D eigenvalue weighted by atomic mass is 79.9. The Morgan fingerprint density at radius 3 is 1.30 bits per heavy atom. The molecule has 25 nitrogen and oxygen atoms in total. The molecule has 3 heterocycles. The molecule has 0 aliphatic carbocycles. The minimum atomic E-state index is -4.01. The van der Waals surface area contributed by atoms with Crippen molar-refractivity contribution in [2.75, 3.05) is 64.2 Å². The molecule has 9 aromatic rings. The van der Waals surface area contributed by atoms with E-state index < -0.39 is 28.9 Å². The Balaban J connectivity index is 0.000000243. The number of sulfonamides is 1. The number of hydrogen-bond donors (Lipinski definition) is 5. The number of ketones is 1. The molecule has 472 valence electrons. The lowest BCUT2D eigenvalue weighted by Crippen LogP contribution is -2.18. The van der Waals surface area contributed by atoms with Gasteiger partial charge >= 0.3 is 0 Å². The maximum absolute atomic E-state index is 12.5. The number of benzene rings is 6.